The zero-order chi connectivity index (χ0) is 11.3. The summed E-state index contributed by atoms with van der Waals surface area (Å²) in [5.74, 6) is -0.509. The Bertz CT molecular complexity index is 211. The zero-order valence-electron chi connectivity index (χ0n) is 9.49. The van der Waals surface area contributed by atoms with Crippen molar-refractivity contribution in [2.45, 2.75) is 26.2 Å². The number of carboxylic acids is 1. The van der Waals surface area contributed by atoms with Gasteiger partial charge in [-0.3, -0.25) is 4.79 Å². The Balaban J connectivity index is 2.65. The van der Waals surface area contributed by atoms with Gasteiger partial charge in [0.25, 0.3) is 0 Å². The summed E-state index contributed by atoms with van der Waals surface area (Å²) in [7, 11) is 1.60. The number of carboxylic acid groups (broad SMARTS) is 1. The lowest BCUT2D eigenvalue weighted by molar-refractivity contribution is -0.155. The molecule has 0 spiro atoms. The first-order chi connectivity index (χ1) is 7.11. The average Bonchev–Trinajstić information content (AvgIpc) is 2.27. The quantitative estimate of drug-likeness (QED) is 0.757. The summed E-state index contributed by atoms with van der Waals surface area (Å²) in [4.78, 5) is 11.3. The van der Waals surface area contributed by atoms with Crippen molar-refractivity contribution in [1.29, 1.82) is 0 Å². The summed E-state index contributed by atoms with van der Waals surface area (Å²) in [6.45, 7) is 3.69. The molecule has 0 aromatic heterocycles. The van der Waals surface area contributed by atoms with E-state index in [0.717, 1.165) is 12.8 Å². The number of aliphatic carboxylic acids is 1. The number of ether oxygens (including phenoxy) is 2. The lowest BCUT2D eigenvalue weighted by Gasteiger charge is -2.36. The highest BCUT2D eigenvalue weighted by Gasteiger charge is 2.41. The second kappa shape index (κ2) is 5.47. The maximum absolute atomic E-state index is 11.3. The van der Waals surface area contributed by atoms with E-state index in [4.69, 9.17) is 9.47 Å². The summed E-state index contributed by atoms with van der Waals surface area (Å²) in [5, 5.41) is 9.32. The minimum Gasteiger partial charge on any atom is -0.481 e. The van der Waals surface area contributed by atoms with Crippen molar-refractivity contribution >= 4 is 5.97 Å². The summed E-state index contributed by atoms with van der Waals surface area (Å²) in [6.07, 6.45) is 2.25. The van der Waals surface area contributed by atoms with E-state index < -0.39 is 11.4 Å². The number of hydrogen-bond donors (Lipinski definition) is 1. The molecule has 1 heterocycles. The second-order valence-corrected chi connectivity index (χ2v) is 4.35. The largest absolute Gasteiger partial charge is 0.481 e. The van der Waals surface area contributed by atoms with Crippen LogP contribution in [0.5, 0.6) is 0 Å². The molecule has 0 amide bonds. The molecule has 1 aliphatic heterocycles. The Labute approximate surface area is 90.6 Å². The number of hydrogen-bond acceptors (Lipinski definition) is 3. The van der Waals surface area contributed by atoms with Gasteiger partial charge in [0, 0.05) is 26.9 Å². The molecule has 1 fully saturated rings. The van der Waals surface area contributed by atoms with Crippen molar-refractivity contribution in [3.8, 4) is 0 Å². The predicted molar refractivity (Wildman–Crippen MR) is 55.8 cm³/mol. The van der Waals surface area contributed by atoms with Crippen molar-refractivity contribution in [3.05, 3.63) is 0 Å². The Morgan fingerprint density at radius 3 is 2.60 bits per heavy atom. The first kappa shape index (κ1) is 12.5. The predicted octanol–water partition coefficient (Wildman–Crippen LogP) is 1.54. The van der Waals surface area contributed by atoms with Crippen LogP contribution in [-0.4, -0.2) is 38.0 Å². The summed E-state index contributed by atoms with van der Waals surface area (Å²) < 4.78 is 10.2. The molecular formula is C11H20O4. The summed E-state index contributed by atoms with van der Waals surface area (Å²) in [5.41, 5.74) is -0.667. The van der Waals surface area contributed by atoms with Crippen LogP contribution in [-0.2, 0) is 14.3 Å². The van der Waals surface area contributed by atoms with Crippen molar-refractivity contribution in [3.63, 3.8) is 0 Å². The van der Waals surface area contributed by atoms with Crippen LogP contribution >= 0.6 is 0 Å². The normalized spacial score (nSPS) is 22.3. The third kappa shape index (κ3) is 2.92. The molecule has 4 nitrogen and oxygen atoms in total. The van der Waals surface area contributed by atoms with Crippen LogP contribution in [0.3, 0.4) is 0 Å². The molecule has 0 saturated carbocycles. The number of carbonyl (C=O) groups is 1. The first-order valence-electron chi connectivity index (χ1n) is 5.41. The third-order valence-corrected chi connectivity index (χ3v) is 3.44. The Hall–Kier alpha value is -0.610. The molecule has 88 valence electrons. The maximum atomic E-state index is 11.3. The van der Waals surface area contributed by atoms with Gasteiger partial charge in [-0.15, -0.1) is 0 Å². The van der Waals surface area contributed by atoms with Gasteiger partial charge < -0.3 is 14.6 Å². The molecule has 0 bridgehead atoms. The van der Waals surface area contributed by atoms with E-state index in [-0.39, 0.29) is 5.92 Å². The Morgan fingerprint density at radius 1 is 1.53 bits per heavy atom. The van der Waals surface area contributed by atoms with Crippen molar-refractivity contribution < 1.29 is 19.4 Å². The molecule has 0 aromatic carbocycles. The molecule has 0 aromatic rings. The van der Waals surface area contributed by atoms with E-state index in [1.807, 2.05) is 6.92 Å². The van der Waals surface area contributed by atoms with Crippen LogP contribution in [0.4, 0.5) is 0 Å². The fourth-order valence-electron chi connectivity index (χ4n) is 2.13. The molecular weight excluding hydrogens is 196 g/mol. The highest BCUT2D eigenvalue weighted by molar-refractivity contribution is 5.74. The van der Waals surface area contributed by atoms with Crippen LogP contribution in [0.2, 0.25) is 0 Å². The molecule has 0 radical (unpaired) electrons. The average molecular weight is 216 g/mol. The van der Waals surface area contributed by atoms with E-state index in [9.17, 15) is 9.90 Å². The van der Waals surface area contributed by atoms with Gasteiger partial charge in [0.2, 0.25) is 0 Å². The van der Waals surface area contributed by atoms with Crippen LogP contribution in [0.15, 0.2) is 0 Å². The second-order valence-electron chi connectivity index (χ2n) is 4.35. The Kier molecular flexibility index (Phi) is 4.54. The number of methoxy groups -OCH3 is 1. The van der Waals surface area contributed by atoms with E-state index in [0.29, 0.717) is 26.2 Å². The maximum Gasteiger partial charge on any atom is 0.309 e. The summed E-state index contributed by atoms with van der Waals surface area (Å²) in [6, 6.07) is 0. The molecule has 1 N–H and O–H groups in total. The van der Waals surface area contributed by atoms with Crippen LogP contribution < -0.4 is 0 Å². The smallest absolute Gasteiger partial charge is 0.309 e. The molecule has 0 aliphatic carbocycles. The zero-order valence-corrected chi connectivity index (χ0v) is 9.49. The molecule has 1 atom stereocenters. The van der Waals surface area contributed by atoms with E-state index in [2.05, 4.69) is 0 Å². The highest BCUT2D eigenvalue weighted by Crippen LogP contribution is 2.38. The van der Waals surface area contributed by atoms with Crippen molar-refractivity contribution in [2.24, 2.45) is 11.3 Å². The topological polar surface area (TPSA) is 55.8 Å². The standard InChI is InChI=1S/C11H20O4/c1-11(10(12)13,5-8-14-2)9-3-6-15-7-4-9/h9H,3-8H2,1-2H3,(H,12,13). The third-order valence-electron chi connectivity index (χ3n) is 3.44. The van der Waals surface area contributed by atoms with Crippen LogP contribution in [0.25, 0.3) is 0 Å². The first-order valence-corrected chi connectivity index (χ1v) is 5.41. The minimum atomic E-state index is -0.716. The fourth-order valence-corrected chi connectivity index (χ4v) is 2.13. The lowest BCUT2D eigenvalue weighted by atomic mass is 9.71. The molecule has 1 aliphatic rings. The van der Waals surface area contributed by atoms with Gasteiger partial charge in [0.15, 0.2) is 0 Å². The van der Waals surface area contributed by atoms with Gasteiger partial charge in [0.1, 0.15) is 0 Å². The van der Waals surface area contributed by atoms with Crippen molar-refractivity contribution in [2.75, 3.05) is 26.9 Å². The van der Waals surface area contributed by atoms with Crippen LogP contribution in [0, 0.1) is 11.3 Å². The van der Waals surface area contributed by atoms with E-state index in [1.165, 1.54) is 0 Å². The lowest BCUT2D eigenvalue weighted by Crippen LogP contribution is -2.39. The number of rotatable bonds is 5. The van der Waals surface area contributed by atoms with Gasteiger partial charge in [-0.2, -0.15) is 0 Å². The van der Waals surface area contributed by atoms with Crippen molar-refractivity contribution in [1.82, 2.24) is 0 Å². The van der Waals surface area contributed by atoms with Gasteiger partial charge in [-0.1, -0.05) is 0 Å². The van der Waals surface area contributed by atoms with Gasteiger partial charge in [-0.25, -0.2) is 0 Å². The molecule has 15 heavy (non-hydrogen) atoms. The fraction of sp³-hybridized carbons (Fsp3) is 0.909. The minimum absolute atomic E-state index is 0.207. The molecule has 1 unspecified atom stereocenters. The van der Waals surface area contributed by atoms with E-state index in [1.54, 1.807) is 7.11 Å². The van der Waals surface area contributed by atoms with Crippen LogP contribution in [0.1, 0.15) is 26.2 Å². The molecule has 1 saturated heterocycles. The highest BCUT2D eigenvalue weighted by atomic mass is 16.5. The Morgan fingerprint density at radius 2 is 2.13 bits per heavy atom. The van der Waals surface area contributed by atoms with E-state index >= 15 is 0 Å². The van der Waals surface area contributed by atoms with Gasteiger partial charge in [0.05, 0.1) is 5.41 Å². The summed E-state index contributed by atoms with van der Waals surface area (Å²) >= 11 is 0. The SMILES string of the molecule is COCCC(C)(C(=O)O)C1CCOCC1. The molecule has 4 heteroatoms. The molecule has 1 rings (SSSR count). The monoisotopic (exact) mass is 216 g/mol. The van der Waals surface area contributed by atoms with Gasteiger partial charge >= 0.3 is 5.97 Å². The van der Waals surface area contributed by atoms with Gasteiger partial charge in [-0.05, 0) is 32.1 Å².